The van der Waals surface area contributed by atoms with Gasteiger partial charge in [0.1, 0.15) is 0 Å². The van der Waals surface area contributed by atoms with E-state index in [1.165, 1.54) is 0 Å². The van der Waals surface area contributed by atoms with Crippen LogP contribution in [-0.2, 0) is 4.79 Å². The van der Waals surface area contributed by atoms with Gasteiger partial charge in [-0.05, 0) is 31.0 Å². The van der Waals surface area contributed by atoms with Crippen molar-refractivity contribution in [1.82, 2.24) is 10.6 Å². The molecule has 0 radical (unpaired) electrons. The van der Waals surface area contributed by atoms with E-state index in [0.717, 1.165) is 35.1 Å². The smallest absolute Gasteiger partial charge is 0.243 e. The molecule has 22 heavy (non-hydrogen) atoms. The quantitative estimate of drug-likeness (QED) is 0.252. The highest BCUT2D eigenvalue weighted by molar-refractivity contribution is 14.0. The molecule has 0 aliphatic carbocycles. The number of unbranched alkanes of at least 4 members (excludes halogenated alkanes) is 1. The number of guanidine groups is 1. The van der Waals surface area contributed by atoms with Crippen LogP contribution in [0.1, 0.15) is 25.3 Å². The summed E-state index contributed by atoms with van der Waals surface area (Å²) in [6, 6.07) is 5.79. The van der Waals surface area contributed by atoms with Crippen molar-refractivity contribution in [2.45, 2.75) is 26.7 Å². The van der Waals surface area contributed by atoms with Gasteiger partial charge in [0.25, 0.3) is 0 Å². The van der Waals surface area contributed by atoms with Crippen molar-refractivity contribution in [3.8, 4) is 0 Å². The summed E-state index contributed by atoms with van der Waals surface area (Å²) in [6.07, 6.45) is 2.19. The van der Waals surface area contributed by atoms with Crippen molar-refractivity contribution in [2.24, 2.45) is 4.99 Å². The van der Waals surface area contributed by atoms with Crippen molar-refractivity contribution in [3.63, 3.8) is 0 Å². The topological polar surface area (TPSA) is 65.5 Å². The summed E-state index contributed by atoms with van der Waals surface area (Å²) in [4.78, 5) is 16.0. The molecule has 1 amide bonds. The Kier molecular flexibility index (Phi) is 11.3. The summed E-state index contributed by atoms with van der Waals surface area (Å²) in [5.74, 6) is 0.541. The van der Waals surface area contributed by atoms with E-state index in [2.05, 4.69) is 43.8 Å². The van der Waals surface area contributed by atoms with Crippen molar-refractivity contribution < 1.29 is 4.79 Å². The molecule has 0 saturated carbocycles. The predicted octanol–water partition coefficient (Wildman–Crippen LogP) is 3.28. The normalized spacial score (nSPS) is 10.6. The molecule has 0 spiro atoms. The highest BCUT2D eigenvalue weighted by Gasteiger charge is 2.06. The van der Waals surface area contributed by atoms with Crippen LogP contribution in [0.15, 0.2) is 27.7 Å². The zero-order valence-electron chi connectivity index (χ0n) is 13.2. The molecule has 0 aliphatic heterocycles. The third kappa shape index (κ3) is 7.98. The Morgan fingerprint density at radius 2 is 2.05 bits per heavy atom. The summed E-state index contributed by atoms with van der Waals surface area (Å²) in [5.41, 5.74) is 1.84. The fourth-order valence-corrected chi connectivity index (χ4v) is 2.05. The summed E-state index contributed by atoms with van der Waals surface area (Å²) >= 11 is 3.40. The molecule has 1 aromatic rings. The molecule has 0 atom stereocenters. The maximum atomic E-state index is 12.0. The number of aryl methyl sites for hydroxylation is 1. The number of carbonyl (C=O) groups excluding carboxylic acids is 1. The first kappa shape index (κ1) is 21.2. The second-order valence-electron chi connectivity index (χ2n) is 4.71. The second kappa shape index (κ2) is 11.7. The predicted molar refractivity (Wildman–Crippen MR) is 107 cm³/mol. The molecule has 5 nitrogen and oxygen atoms in total. The average molecular weight is 483 g/mol. The minimum absolute atomic E-state index is 0. The van der Waals surface area contributed by atoms with E-state index in [1.807, 2.05) is 25.1 Å². The molecular formula is C15H24BrIN4O. The maximum Gasteiger partial charge on any atom is 0.243 e. The maximum absolute atomic E-state index is 12.0. The van der Waals surface area contributed by atoms with Crippen molar-refractivity contribution in [2.75, 3.05) is 25.5 Å². The summed E-state index contributed by atoms with van der Waals surface area (Å²) in [6.45, 7) is 5.12. The third-order valence-corrected chi connectivity index (χ3v) is 3.43. The largest absolute Gasteiger partial charge is 0.356 e. The van der Waals surface area contributed by atoms with Crippen LogP contribution in [0.4, 0.5) is 5.69 Å². The van der Waals surface area contributed by atoms with Gasteiger partial charge in [0.15, 0.2) is 5.96 Å². The number of carbonyl (C=O) groups is 1. The first-order valence-corrected chi connectivity index (χ1v) is 7.86. The van der Waals surface area contributed by atoms with Gasteiger partial charge >= 0.3 is 0 Å². The monoisotopic (exact) mass is 482 g/mol. The van der Waals surface area contributed by atoms with Crippen LogP contribution >= 0.6 is 39.9 Å². The minimum Gasteiger partial charge on any atom is -0.356 e. The van der Waals surface area contributed by atoms with Gasteiger partial charge in [-0.3, -0.25) is 9.79 Å². The highest BCUT2D eigenvalue weighted by atomic mass is 127. The number of nitrogens with zero attached hydrogens (tertiary/aromatic N) is 1. The minimum atomic E-state index is -0.102. The Hall–Kier alpha value is -0.830. The molecule has 7 heteroatoms. The van der Waals surface area contributed by atoms with Gasteiger partial charge in [0, 0.05) is 23.8 Å². The molecule has 0 aromatic heterocycles. The van der Waals surface area contributed by atoms with Crippen LogP contribution in [0.5, 0.6) is 0 Å². The van der Waals surface area contributed by atoms with Gasteiger partial charge in [-0.1, -0.05) is 35.3 Å². The second-order valence-corrected chi connectivity index (χ2v) is 5.63. The van der Waals surface area contributed by atoms with Gasteiger partial charge in [-0.15, -0.1) is 24.0 Å². The lowest BCUT2D eigenvalue weighted by atomic mass is 10.2. The van der Waals surface area contributed by atoms with Crippen LogP contribution in [0.3, 0.4) is 0 Å². The fourth-order valence-electron chi connectivity index (χ4n) is 1.69. The number of halogens is 2. The molecule has 3 N–H and O–H groups in total. The SMILES string of the molecule is CCCCNC(=NC)NCC(=O)Nc1cc(Br)ccc1C.I. The highest BCUT2D eigenvalue weighted by Crippen LogP contribution is 2.20. The van der Waals surface area contributed by atoms with Crippen molar-refractivity contribution >= 4 is 57.5 Å². The van der Waals surface area contributed by atoms with Crippen molar-refractivity contribution in [3.05, 3.63) is 28.2 Å². The van der Waals surface area contributed by atoms with Gasteiger partial charge in [-0.25, -0.2) is 0 Å². The molecule has 0 fully saturated rings. The lowest BCUT2D eigenvalue weighted by Crippen LogP contribution is -2.41. The number of rotatable bonds is 6. The number of nitrogens with one attached hydrogen (secondary N) is 3. The molecular weight excluding hydrogens is 459 g/mol. The van der Waals surface area contributed by atoms with Crippen LogP contribution < -0.4 is 16.0 Å². The lowest BCUT2D eigenvalue weighted by Gasteiger charge is -2.12. The Balaban J connectivity index is 0.00000441. The molecule has 0 heterocycles. The number of anilines is 1. The standard InChI is InChI=1S/C15H23BrN4O.HI/c1-4-5-8-18-15(17-3)19-10-14(21)20-13-9-12(16)7-6-11(13)2;/h6-7,9H,4-5,8,10H2,1-3H3,(H,20,21)(H2,17,18,19);1H. The Morgan fingerprint density at radius 3 is 2.68 bits per heavy atom. The van der Waals surface area contributed by atoms with E-state index in [9.17, 15) is 4.79 Å². The first-order valence-electron chi connectivity index (χ1n) is 7.07. The molecule has 1 aromatic carbocycles. The van der Waals surface area contributed by atoms with E-state index < -0.39 is 0 Å². The Labute approximate surface area is 157 Å². The summed E-state index contributed by atoms with van der Waals surface area (Å²) in [7, 11) is 1.69. The number of hydrogen-bond acceptors (Lipinski definition) is 2. The van der Waals surface area contributed by atoms with Gasteiger partial charge in [0.05, 0.1) is 6.54 Å². The Morgan fingerprint density at radius 1 is 1.32 bits per heavy atom. The molecule has 0 unspecified atom stereocenters. The number of benzene rings is 1. The van der Waals surface area contributed by atoms with Crippen LogP contribution in [-0.4, -0.2) is 32.0 Å². The van der Waals surface area contributed by atoms with E-state index in [1.54, 1.807) is 7.05 Å². The lowest BCUT2D eigenvalue weighted by molar-refractivity contribution is -0.115. The summed E-state index contributed by atoms with van der Waals surface area (Å²) < 4.78 is 0.938. The van der Waals surface area contributed by atoms with Gasteiger partial charge in [-0.2, -0.15) is 0 Å². The fraction of sp³-hybridized carbons (Fsp3) is 0.467. The van der Waals surface area contributed by atoms with E-state index >= 15 is 0 Å². The van der Waals surface area contributed by atoms with E-state index in [-0.39, 0.29) is 36.4 Å². The third-order valence-electron chi connectivity index (χ3n) is 2.94. The molecule has 0 bridgehead atoms. The van der Waals surface area contributed by atoms with Gasteiger partial charge in [0.2, 0.25) is 5.91 Å². The molecule has 124 valence electrons. The first-order chi connectivity index (χ1) is 10.1. The zero-order chi connectivity index (χ0) is 15.7. The van der Waals surface area contributed by atoms with Crippen LogP contribution in [0, 0.1) is 6.92 Å². The number of amides is 1. The van der Waals surface area contributed by atoms with Crippen LogP contribution in [0.25, 0.3) is 0 Å². The van der Waals surface area contributed by atoms with Crippen LogP contribution in [0.2, 0.25) is 0 Å². The zero-order valence-corrected chi connectivity index (χ0v) is 17.1. The van der Waals surface area contributed by atoms with Crippen molar-refractivity contribution in [1.29, 1.82) is 0 Å². The molecule has 0 aliphatic rings. The van der Waals surface area contributed by atoms with E-state index in [4.69, 9.17) is 0 Å². The molecule has 0 saturated heterocycles. The molecule has 1 rings (SSSR count). The number of aliphatic imine (C=N–C) groups is 1. The van der Waals surface area contributed by atoms with E-state index in [0.29, 0.717) is 5.96 Å². The summed E-state index contributed by atoms with van der Waals surface area (Å²) in [5, 5.41) is 9.04. The average Bonchev–Trinajstić information content (AvgIpc) is 2.46. The van der Waals surface area contributed by atoms with Gasteiger partial charge < -0.3 is 16.0 Å². The number of hydrogen-bond donors (Lipinski definition) is 3. The Bertz CT molecular complexity index is 508.